The number of esters is 1. The summed E-state index contributed by atoms with van der Waals surface area (Å²) < 4.78 is 4.94. The van der Waals surface area contributed by atoms with E-state index in [-0.39, 0.29) is 12.4 Å². The maximum atomic E-state index is 11.6. The Hall–Kier alpha value is -1.32. The van der Waals surface area contributed by atoms with Crippen LogP contribution in [0.15, 0.2) is 11.6 Å². The first-order valence-corrected chi connectivity index (χ1v) is 6.19. The number of carbonyl (C=O) groups excluding carboxylic acids is 1. The summed E-state index contributed by atoms with van der Waals surface area (Å²) in [6.45, 7) is 4.21. The summed E-state index contributed by atoms with van der Waals surface area (Å²) >= 11 is 0. The van der Waals surface area contributed by atoms with Gasteiger partial charge in [0.15, 0.2) is 0 Å². The third-order valence-electron chi connectivity index (χ3n) is 2.34. The van der Waals surface area contributed by atoms with Crippen LogP contribution in [0, 0.1) is 0 Å². The van der Waals surface area contributed by atoms with E-state index < -0.39 is 5.97 Å². The van der Waals surface area contributed by atoms with Gasteiger partial charge in [-0.05, 0) is 26.2 Å². The molecule has 0 aliphatic carbocycles. The zero-order chi connectivity index (χ0) is 13.1. The fourth-order valence-corrected chi connectivity index (χ4v) is 1.45. The van der Waals surface area contributed by atoms with E-state index in [9.17, 15) is 9.59 Å². The average molecular weight is 242 g/mol. The lowest BCUT2D eigenvalue weighted by Crippen LogP contribution is -2.08. The van der Waals surface area contributed by atoms with Crippen LogP contribution in [-0.4, -0.2) is 23.7 Å². The predicted molar refractivity (Wildman–Crippen MR) is 65.7 cm³/mol. The lowest BCUT2D eigenvalue weighted by Gasteiger charge is -2.06. The van der Waals surface area contributed by atoms with Gasteiger partial charge in [0.05, 0.1) is 6.61 Å². The first kappa shape index (κ1) is 15.7. The van der Waals surface area contributed by atoms with Gasteiger partial charge in [-0.3, -0.25) is 4.79 Å². The van der Waals surface area contributed by atoms with E-state index in [1.54, 1.807) is 13.0 Å². The Labute approximate surface area is 103 Å². The molecule has 0 rings (SSSR count). The van der Waals surface area contributed by atoms with E-state index in [1.165, 1.54) is 0 Å². The molecule has 0 aromatic heterocycles. The maximum absolute atomic E-state index is 11.6. The van der Waals surface area contributed by atoms with Gasteiger partial charge in [-0.1, -0.05) is 25.8 Å². The maximum Gasteiger partial charge on any atom is 0.333 e. The van der Waals surface area contributed by atoms with Crippen LogP contribution in [-0.2, 0) is 14.3 Å². The Balaban J connectivity index is 4.27. The van der Waals surface area contributed by atoms with Crippen molar-refractivity contribution in [2.24, 2.45) is 0 Å². The standard InChI is InChI=1S/C13H22O4/c1-3-5-6-8-11(13(16)17-4-2)9-7-10-12(14)15/h9H,3-8,10H2,1-2H3,(H,14,15). The smallest absolute Gasteiger partial charge is 0.333 e. The molecule has 0 heterocycles. The van der Waals surface area contributed by atoms with Gasteiger partial charge in [0.1, 0.15) is 0 Å². The molecule has 4 nitrogen and oxygen atoms in total. The summed E-state index contributed by atoms with van der Waals surface area (Å²) in [6, 6.07) is 0. The number of carbonyl (C=O) groups is 2. The second kappa shape index (κ2) is 9.87. The van der Waals surface area contributed by atoms with Crippen molar-refractivity contribution in [3.63, 3.8) is 0 Å². The van der Waals surface area contributed by atoms with Gasteiger partial charge in [-0.25, -0.2) is 4.79 Å². The van der Waals surface area contributed by atoms with Gasteiger partial charge in [0, 0.05) is 12.0 Å². The van der Waals surface area contributed by atoms with E-state index >= 15 is 0 Å². The van der Waals surface area contributed by atoms with E-state index in [2.05, 4.69) is 6.92 Å². The minimum absolute atomic E-state index is 0.0523. The van der Waals surface area contributed by atoms with Crippen LogP contribution in [0.3, 0.4) is 0 Å². The molecule has 0 aliphatic heterocycles. The SMILES string of the molecule is CCCCCC(=CCCC(=O)O)C(=O)OCC. The molecular weight excluding hydrogens is 220 g/mol. The van der Waals surface area contributed by atoms with E-state index in [4.69, 9.17) is 9.84 Å². The minimum atomic E-state index is -0.849. The largest absolute Gasteiger partial charge is 0.481 e. The zero-order valence-corrected chi connectivity index (χ0v) is 10.7. The molecule has 0 radical (unpaired) electrons. The van der Waals surface area contributed by atoms with Gasteiger partial charge in [0.2, 0.25) is 0 Å². The monoisotopic (exact) mass is 242 g/mol. The van der Waals surface area contributed by atoms with Crippen LogP contribution in [0.1, 0.15) is 52.4 Å². The number of aliphatic carboxylic acids is 1. The molecule has 0 fully saturated rings. The Bertz CT molecular complexity index is 269. The van der Waals surface area contributed by atoms with E-state index in [0.717, 1.165) is 19.3 Å². The molecule has 0 aromatic carbocycles. The third kappa shape index (κ3) is 8.48. The van der Waals surface area contributed by atoms with Crippen LogP contribution >= 0.6 is 0 Å². The average Bonchev–Trinajstić information content (AvgIpc) is 2.27. The second-order valence-corrected chi connectivity index (χ2v) is 3.84. The highest BCUT2D eigenvalue weighted by Crippen LogP contribution is 2.12. The van der Waals surface area contributed by atoms with Crippen molar-refractivity contribution in [2.45, 2.75) is 52.4 Å². The summed E-state index contributed by atoms with van der Waals surface area (Å²) in [5.41, 5.74) is 0.613. The molecule has 98 valence electrons. The highest BCUT2D eigenvalue weighted by atomic mass is 16.5. The van der Waals surface area contributed by atoms with Crippen LogP contribution in [0.4, 0.5) is 0 Å². The molecule has 0 aliphatic rings. The topological polar surface area (TPSA) is 63.6 Å². The summed E-state index contributed by atoms with van der Waals surface area (Å²) in [6.07, 6.45) is 5.90. The van der Waals surface area contributed by atoms with Crippen molar-refractivity contribution < 1.29 is 19.4 Å². The minimum Gasteiger partial charge on any atom is -0.481 e. The number of hydrogen-bond acceptors (Lipinski definition) is 3. The van der Waals surface area contributed by atoms with Crippen LogP contribution < -0.4 is 0 Å². The number of hydrogen-bond donors (Lipinski definition) is 1. The highest BCUT2D eigenvalue weighted by Gasteiger charge is 2.09. The Morgan fingerprint density at radius 1 is 1.18 bits per heavy atom. The normalized spacial score (nSPS) is 11.3. The number of allylic oxidation sites excluding steroid dienone is 1. The fraction of sp³-hybridized carbons (Fsp3) is 0.692. The van der Waals surface area contributed by atoms with Crippen molar-refractivity contribution in [3.8, 4) is 0 Å². The molecule has 0 atom stereocenters. The molecule has 0 saturated carbocycles. The predicted octanol–water partition coefficient (Wildman–Crippen LogP) is 2.92. The van der Waals surface area contributed by atoms with Crippen molar-refractivity contribution in [2.75, 3.05) is 6.61 Å². The van der Waals surface area contributed by atoms with Gasteiger partial charge >= 0.3 is 11.9 Å². The van der Waals surface area contributed by atoms with Crippen molar-refractivity contribution in [1.29, 1.82) is 0 Å². The first-order valence-electron chi connectivity index (χ1n) is 6.19. The lowest BCUT2D eigenvalue weighted by atomic mass is 10.1. The summed E-state index contributed by atoms with van der Waals surface area (Å²) in [5, 5.41) is 8.54. The number of ether oxygens (including phenoxy) is 1. The number of rotatable bonds is 9. The molecule has 17 heavy (non-hydrogen) atoms. The quantitative estimate of drug-likeness (QED) is 0.383. The molecule has 0 aromatic rings. The molecular formula is C13H22O4. The number of unbranched alkanes of at least 4 members (excludes halogenated alkanes) is 2. The molecule has 0 saturated heterocycles. The fourth-order valence-electron chi connectivity index (χ4n) is 1.45. The summed E-state index contributed by atoms with van der Waals surface area (Å²) in [4.78, 5) is 22.0. The van der Waals surface area contributed by atoms with E-state index in [0.29, 0.717) is 25.0 Å². The molecule has 0 spiro atoms. The first-order chi connectivity index (χ1) is 8.11. The van der Waals surface area contributed by atoms with Crippen molar-refractivity contribution in [1.82, 2.24) is 0 Å². The highest BCUT2D eigenvalue weighted by molar-refractivity contribution is 5.88. The third-order valence-corrected chi connectivity index (χ3v) is 2.34. The molecule has 1 N–H and O–H groups in total. The van der Waals surface area contributed by atoms with Gasteiger partial charge in [-0.15, -0.1) is 0 Å². The summed E-state index contributed by atoms with van der Waals surface area (Å²) in [7, 11) is 0. The van der Waals surface area contributed by atoms with Crippen LogP contribution in [0.25, 0.3) is 0 Å². The van der Waals surface area contributed by atoms with Crippen LogP contribution in [0.5, 0.6) is 0 Å². The lowest BCUT2D eigenvalue weighted by molar-refractivity contribution is -0.139. The van der Waals surface area contributed by atoms with Gasteiger partial charge in [0.25, 0.3) is 0 Å². The molecule has 4 heteroatoms. The Morgan fingerprint density at radius 3 is 2.41 bits per heavy atom. The summed E-state index contributed by atoms with van der Waals surface area (Å²) in [5.74, 6) is -1.16. The number of carboxylic acids is 1. The number of carboxylic acid groups (broad SMARTS) is 1. The molecule has 0 bridgehead atoms. The van der Waals surface area contributed by atoms with E-state index in [1.807, 2.05) is 0 Å². The van der Waals surface area contributed by atoms with Crippen molar-refractivity contribution in [3.05, 3.63) is 11.6 Å². The van der Waals surface area contributed by atoms with Crippen LogP contribution in [0.2, 0.25) is 0 Å². The van der Waals surface area contributed by atoms with Gasteiger partial charge in [-0.2, -0.15) is 0 Å². The molecule has 0 amide bonds. The van der Waals surface area contributed by atoms with Gasteiger partial charge < -0.3 is 9.84 Å². The zero-order valence-electron chi connectivity index (χ0n) is 10.7. The van der Waals surface area contributed by atoms with Crippen molar-refractivity contribution >= 4 is 11.9 Å². The molecule has 0 unspecified atom stereocenters. The Kier molecular flexibility index (Phi) is 9.11. The second-order valence-electron chi connectivity index (χ2n) is 3.84. The Morgan fingerprint density at radius 2 is 1.88 bits per heavy atom.